The number of hydrogen-bond donors (Lipinski definition) is 2. The van der Waals surface area contributed by atoms with Gasteiger partial charge in [-0.2, -0.15) is 0 Å². The lowest BCUT2D eigenvalue weighted by atomic mass is 9.87. The zero-order chi connectivity index (χ0) is 13.6. The van der Waals surface area contributed by atoms with Crippen molar-refractivity contribution in [2.75, 3.05) is 0 Å². The molecule has 0 radical (unpaired) electrons. The highest BCUT2D eigenvalue weighted by Crippen LogP contribution is 2.56. The lowest BCUT2D eigenvalue weighted by Crippen LogP contribution is -2.19. The first-order valence-electron chi connectivity index (χ1n) is 6.95. The molecular weight excluding hydrogens is 234 g/mol. The third kappa shape index (κ3) is 1.82. The Kier molecular flexibility index (Phi) is 2.79. The lowest BCUT2D eigenvalue weighted by Gasteiger charge is -2.23. The molecular formula is C17H21NO. The van der Waals surface area contributed by atoms with Crippen molar-refractivity contribution >= 4 is 0 Å². The number of aryl methyl sites for hydroxylation is 1. The number of hydrogen-bond acceptors (Lipinski definition) is 1. The second kappa shape index (κ2) is 4.24. The van der Waals surface area contributed by atoms with Crippen molar-refractivity contribution in [3.05, 3.63) is 58.4 Å². The van der Waals surface area contributed by atoms with Gasteiger partial charge in [0.1, 0.15) is 6.10 Å². The molecule has 1 unspecified atom stereocenters. The monoisotopic (exact) mass is 255 g/mol. The van der Waals surface area contributed by atoms with Gasteiger partial charge in [0.2, 0.25) is 0 Å². The average Bonchev–Trinajstić information content (AvgIpc) is 3.20. The SMILES string of the molecule is Cc1[nH]c(C(O)C2(c3ccccc3)CC2)c(C)c1C. The van der Waals surface area contributed by atoms with Crippen LogP contribution >= 0.6 is 0 Å². The highest BCUT2D eigenvalue weighted by molar-refractivity contribution is 5.41. The molecule has 19 heavy (non-hydrogen) atoms. The van der Waals surface area contributed by atoms with Gasteiger partial charge in [-0.05, 0) is 50.3 Å². The number of aliphatic hydroxyl groups excluding tert-OH is 1. The molecule has 0 amide bonds. The first-order valence-corrected chi connectivity index (χ1v) is 6.95. The first kappa shape index (κ1) is 12.5. The van der Waals surface area contributed by atoms with Gasteiger partial charge < -0.3 is 10.1 Å². The fourth-order valence-electron chi connectivity index (χ4n) is 3.05. The summed E-state index contributed by atoms with van der Waals surface area (Å²) >= 11 is 0. The molecule has 0 saturated heterocycles. The quantitative estimate of drug-likeness (QED) is 0.862. The van der Waals surface area contributed by atoms with Gasteiger partial charge in [-0.1, -0.05) is 30.3 Å². The molecule has 100 valence electrons. The number of aromatic amines is 1. The van der Waals surface area contributed by atoms with Crippen LogP contribution in [-0.2, 0) is 5.41 Å². The van der Waals surface area contributed by atoms with Crippen molar-refractivity contribution in [2.45, 2.75) is 45.1 Å². The molecule has 1 aromatic heterocycles. The van der Waals surface area contributed by atoms with E-state index in [4.69, 9.17) is 0 Å². The molecule has 2 N–H and O–H groups in total. The second-order valence-corrected chi connectivity index (χ2v) is 5.84. The van der Waals surface area contributed by atoms with Crippen LogP contribution < -0.4 is 0 Å². The Morgan fingerprint density at radius 1 is 1.05 bits per heavy atom. The van der Waals surface area contributed by atoms with Crippen LogP contribution in [0.15, 0.2) is 30.3 Å². The summed E-state index contributed by atoms with van der Waals surface area (Å²) in [5, 5.41) is 10.9. The Morgan fingerprint density at radius 2 is 1.68 bits per heavy atom. The maximum Gasteiger partial charge on any atom is 0.104 e. The van der Waals surface area contributed by atoms with Gasteiger partial charge in [-0.25, -0.2) is 0 Å². The molecule has 2 heteroatoms. The summed E-state index contributed by atoms with van der Waals surface area (Å²) in [6.45, 7) is 6.28. The highest BCUT2D eigenvalue weighted by atomic mass is 16.3. The molecule has 0 bridgehead atoms. The summed E-state index contributed by atoms with van der Waals surface area (Å²) in [5.41, 5.74) is 5.80. The van der Waals surface area contributed by atoms with E-state index < -0.39 is 6.10 Å². The summed E-state index contributed by atoms with van der Waals surface area (Å²) in [6, 6.07) is 10.4. The molecule has 1 aliphatic rings. The van der Waals surface area contributed by atoms with Gasteiger partial charge in [0.25, 0.3) is 0 Å². The van der Waals surface area contributed by atoms with E-state index in [1.165, 1.54) is 16.7 Å². The predicted molar refractivity (Wildman–Crippen MR) is 77.3 cm³/mol. The Bertz CT molecular complexity index is 593. The van der Waals surface area contributed by atoms with E-state index in [-0.39, 0.29) is 5.41 Å². The van der Waals surface area contributed by atoms with E-state index >= 15 is 0 Å². The fourth-order valence-corrected chi connectivity index (χ4v) is 3.05. The normalized spacial score (nSPS) is 18.3. The van der Waals surface area contributed by atoms with Crippen molar-refractivity contribution in [1.29, 1.82) is 0 Å². The van der Waals surface area contributed by atoms with Crippen LogP contribution in [0.4, 0.5) is 0 Å². The van der Waals surface area contributed by atoms with Crippen LogP contribution in [0.3, 0.4) is 0 Å². The minimum Gasteiger partial charge on any atom is -0.386 e. The Labute approximate surface area is 114 Å². The molecule has 3 rings (SSSR count). The van der Waals surface area contributed by atoms with E-state index in [1.807, 2.05) is 6.07 Å². The van der Waals surface area contributed by atoms with Crippen molar-refractivity contribution in [2.24, 2.45) is 0 Å². The van der Waals surface area contributed by atoms with E-state index in [1.54, 1.807) is 0 Å². The van der Waals surface area contributed by atoms with Gasteiger partial charge in [-0.3, -0.25) is 0 Å². The molecule has 1 saturated carbocycles. The summed E-state index contributed by atoms with van der Waals surface area (Å²) < 4.78 is 0. The molecule has 0 spiro atoms. The van der Waals surface area contributed by atoms with Crippen LogP contribution in [0, 0.1) is 20.8 Å². The van der Waals surface area contributed by atoms with Crippen LogP contribution in [-0.4, -0.2) is 10.1 Å². The minimum absolute atomic E-state index is 0.0737. The number of aliphatic hydroxyl groups is 1. The first-order chi connectivity index (χ1) is 9.06. The minimum atomic E-state index is -0.428. The third-order valence-electron chi connectivity index (χ3n) is 4.79. The fraction of sp³-hybridized carbons (Fsp3) is 0.412. The average molecular weight is 255 g/mol. The van der Waals surface area contributed by atoms with Crippen LogP contribution in [0.2, 0.25) is 0 Å². The maximum absolute atomic E-state index is 10.9. The smallest absolute Gasteiger partial charge is 0.104 e. The molecule has 2 aromatic rings. The molecule has 1 heterocycles. The number of H-pyrrole nitrogens is 1. The predicted octanol–water partition coefficient (Wildman–Crippen LogP) is 3.71. The molecule has 1 fully saturated rings. The summed E-state index contributed by atoms with van der Waals surface area (Å²) in [6.07, 6.45) is 1.70. The topological polar surface area (TPSA) is 36.0 Å². The number of nitrogens with one attached hydrogen (secondary N) is 1. The molecule has 2 nitrogen and oxygen atoms in total. The molecule has 1 atom stereocenters. The van der Waals surface area contributed by atoms with E-state index in [9.17, 15) is 5.11 Å². The highest BCUT2D eigenvalue weighted by Gasteiger charge is 2.51. The number of benzene rings is 1. The van der Waals surface area contributed by atoms with Crippen molar-refractivity contribution in [1.82, 2.24) is 4.98 Å². The Morgan fingerprint density at radius 3 is 2.16 bits per heavy atom. The van der Waals surface area contributed by atoms with Crippen LogP contribution in [0.25, 0.3) is 0 Å². The lowest BCUT2D eigenvalue weighted by molar-refractivity contribution is 0.128. The van der Waals surface area contributed by atoms with Gasteiger partial charge in [0, 0.05) is 16.8 Å². The summed E-state index contributed by atoms with van der Waals surface area (Å²) in [4.78, 5) is 3.38. The zero-order valence-corrected chi connectivity index (χ0v) is 11.8. The molecule has 1 aromatic carbocycles. The molecule has 1 aliphatic carbocycles. The van der Waals surface area contributed by atoms with Gasteiger partial charge in [0.15, 0.2) is 0 Å². The summed E-state index contributed by atoms with van der Waals surface area (Å²) in [5.74, 6) is 0. The van der Waals surface area contributed by atoms with E-state index in [0.717, 1.165) is 24.2 Å². The molecule has 0 aliphatic heterocycles. The van der Waals surface area contributed by atoms with Crippen LogP contribution in [0.5, 0.6) is 0 Å². The van der Waals surface area contributed by atoms with Crippen molar-refractivity contribution < 1.29 is 5.11 Å². The third-order valence-corrected chi connectivity index (χ3v) is 4.79. The van der Waals surface area contributed by atoms with Gasteiger partial charge in [-0.15, -0.1) is 0 Å². The largest absolute Gasteiger partial charge is 0.386 e. The van der Waals surface area contributed by atoms with Crippen molar-refractivity contribution in [3.63, 3.8) is 0 Å². The maximum atomic E-state index is 10.9. The second-order valence-electron chi connectivity index (χ2n) is 5.84. The van der Waals surface area contributed by atoms with Crippen LogP contribution in [0.1, 0.15) is 47.0 Å². The van der Waals surface area contributed by atoms with Gasteiger partial charge >= 0.3 is 0 Å². The van der Waals surface area contributed by atoms with Crippen molar-refractivity contribution in [3.8, 4) is 0 Å². The number of rotatable bonds is 3. The van der Waals surface area contributed by atoms with Gasteiger partial charge in [0.05, 0.1) is 0 Å². The zero-order valence-electron chi connectivity index (χ0n) is 11.8. The standard InChI is InChI=1S/C17H21NO/c1-11-12(2)15(18-13(11)3)16(19)17(9-10-17)14-7-5-4-6-8-14/h4-8,16,18-19H,9-10H2,1-3H3. The van der Waals surface area contributed by atoms with E-state index in [2.05, 4.69) is 50.0 Å². The Hall–Kier alpha value is -1.54. The van der Waals surface area contributed by atoms with E-state index in [0.29, 0.717) is 0 Å². The Balaban J connectivity index is 2.00. The summed E-state index contributed by atoms with van der Waals surface area (Å²) in [7, 11) is 0. The number of aromatic nitrogens is 1.